The van der Waals surface area contributed by atoms with Gasteiger partial charge in [0.25, 0.3) is 0 Å². The van der Waals surface area contributed by atoms with Crippen LogP contribution < -0.4 is 0 Å². The molecule has 4 nitrogen and oxygen atoms in total. The first-order valence-corrected chi connectivity index (χ1v) is 5.73. The fourth-order valence-electron chi connectivity index (χ4n) is 2.21. The summed E-state index contributed by atoms with van der Waals surface area (Å²) in [4.78, 5) is 15.3. The molecule has 0 aromatic carbocycles. The van der Waals surface area contributed by atoms with Crippen LogP contribution in [0, 0.1) is 0 Å². The zero-order chi connectivity index (χ0) is 10.9. The highest BCUT2D eigenvalue weighted by Gasteiger charge is 2.49. The minimum Gasteiger partial charge on any atom is -0.447 e. The van der Waals surface area contributed by atoms with Crippen molar-refractivity contribution < 1.29 is 9.53 Å². The van der Waals surface area contributed by atoms with Gasteiger partial charge in [-0.15, -0.1) is 0 Å². The Morgan fingerprint density at radius 3 is 2.40 bits per heavy atom. The van der Waals surface area contributed by atoms with Gasteiger partial charge in [-0.05, 0) is 38.8 Å². The molecule has 15 heavy (non-hydrogen) atoms. The Bertz CT molecular complexity index is 243. The summed E-state index contributed by atoms with van der Waals surface area (Å²) in [6.45, 7) is 2.93. The van der Waals surface area contributed by atoms with Crippen LogP contribution in [0.1, 0.15) is 25.7 Å². The van der Waals surface area contributed by atoms with Crippen LogP contribution in [0.3, 0.4) is 0 Å². The molecule has 4 heteroatoms. The largest absolute Gasteiger partial charge is 0.447 e. The molecule has 1 aliphatic heterocycles. The molecular weight excluding hydrogens is 192 g/mol. The number of hydrogen-bond acceptors (Lipinski definition) is 3. The zero-order valence-corrected chi connectivity index (χ0v) is 9.66. The molecule has 1 amide bonds. The highest BCUT2D eigenvalue weighted by Crippen LogP contribution is 2.43. The van der Waals surface area contributed by atoms with E-state index in [1.54, 1.807) is 14.1 Å². The lowest BCUT2D eigenvalue weighted by molar-refractivity contribution is 0.0724. The van der Waals surface area contributed by atoms with Crippen molar-refractivity contribution in [2.75, 3.05) is 33.8 Å². The van der Waals surface area contributed by atoms with Gasteiger partial charge in [0, 0.05) is 14.1 Å². The maximum Gasteiger partial charge on any atom is 0.409 e. The standard InChI is InChI=1S/C11H20N2O2/c1-12(2)10(14)15-9-11(5-6-11)13-7-3-4-8-13/h3-9H2,1-2H3. The quantitative estimate of drug-likeness (QED) is 0.707. The topological polar surface area (TPSA) is 32.8 Å². The molecular formula is C11H20N2O2. The average molecular weight is 212 g/mol. The lowest BCUT2D eigenvalue weighted by atomic mass is 10.2. The normalized spacial score (nSPS) is 23.9. The second kappa shape index (κ2) is 4.00. The minimum absolute atomic E-state index is 0.210. The third-order valence-corrected chi connectivity index (χ3v) is 3.43. The van der Waals surface area contributed by atoms with E-state index in [2.05, 4.69) is 4.90 Å². The molecule has 86 valence electrons. The first kappa shape index (κ1) is 10.7. The van der Waals surface area contributed by atoms with Crippen molar-refractivity contribution in [3.05, 3.63) is 0 Å². The highest BCUT2D eigenvalue weighted by atomic mass is 16.6. The van der Waals surface area contributed by atoms with Crippen LogP contribution in [0.4, 0.5) is 4.79 Å². The van der Waals surface area contributed by atoms with Crippen LogP contribution in [0.25, 0.3) is 0 Å². The average Bonchev–Trinajstić information content (AvgIpc) is 2.78. The number of hydrogen-bond donors (Lipinski definition) is 0. The smallest absolute Gasteiger partial charge is 0.409 e. The molecule has 2 rings (SSSR count). The molecule has 0 atom stereocenters. The fourth-order valence-corrected chi connectivity index (χ4v) is 2.21. The molecule has 0 N–H and O–H groups in total. The molecule has 1 aliphatic carbocycles. The van der Waals surface area contributed by atoms with E-state index >= 15 is 0 Å². The summed E-state index contributed by atoms with van der Waals surface area (Å²) >= 11 is 0. The van der Waals surface area contributed by atoms with E-state index in [-0.39, 0.29) is 11.6 Å². The molecule has 2 aliphatic rings. The summed E-state index contributed by atoms with van der Waals surface area (Å²) in [6, 6.07) is 0. The van der Waals surface area contributed by atoms with Crippen molar-refractivity contribution in [1.82, 2.24) is 9.80 Å². The molecule has 0 radical (unpaired) electrons. The lowest BCUT2D eigenvalue weighted by Crippen LogP contribution is -2.40. The number of carbonyl (C=O) groups is 1. The van der Waals surface area contributed by atoms with E-state index in [0.717, 1.165) is 0 Å². The van der Waals surface area contributed by atoms with Gasteiger partial charge in [-0.25, -0.2) is 4.79 Å². The number of ether oxygens (including phenoxy) is 1. The maximum atomic E-state index is 11.3. The summed E-state index contributed by atoms with van der Waals surface area (Å²) in [5, 5.41) is 0. The van der Waals surface area contributed by atoms with E-state index in [9.17, 15) is 4.79 Å². The van der Waals surface area contributed by atoms with E-state index in [4.69, 9.17) is 4.74 Å². The first-order valence-electron chi connectivity index (χ1n) is 5.73. The van der Waals surface area contributed by atoms with Gasteiger partial charge in [0.1, 0.15) is 6.61 Å². The van der Waals surface area contributed by atoms with Crippen LogP contribution >= 0.6 is 0 Å². The second-order valence-corrected chi connectivity index (χ2v) is 4.87. The molecule has 0 aromatic heterocycles. The number of carbonyl (C=O) groups excluding carboxylic acids is 1. The van der Waals surface area contributed by atoms with Crippen molar-refractivity contribution in [2.45, 2.75) is 31.2 Å². The maximum absolute atomic E-state index is 11.3. The molecule has 1 saturated heterocycles. The predicted octanol–water partition coefficient (Wildman–Crippen LogP) is 1.31. The Kier molecular flexibility index (Phi) is 2.87. The number of rotatable bonds is 3. The third kappa shape index (κ3) is 2.25. The fraction of sp³-hybridized carbons (Fsp3) is 0.909. The van der Waals surface area contributed by atoms with Crippen molar-refractivity contribution in [3.63, 3.8) is 0 Å². The minimum atomic E-state index is -0.222. The van der Waals surface area contributed by atoms with Crippen molar-refractivity contribution >= 4 is 6.09 Å². The summed E-state index contributed by atoms with van der Waals surface area (Å²) in [6.07, 6.45) is 4.74. The summed E-state index contributed by atoms with van der Waals surface area (Å²) in [7, 11) is 3.44. The first-order chi connectivity index (χ1) is 7.14. The molecule has 0 bridgehead atoms. The van der Waals surface area contributed by atoms with Gasteiger partial charge in [-0.1, -0.05) is 0 Å². The third-order valence-electron chi connectivity index (χ3n) is 3.43. The van der Waals surface area contributed by atoms with Crippen molar-refractivity contribution in [2.24, 2.45) is 0 Å². The molecule has 0 aromatic rings. The van der Waals surface area contributed by atoms with Crippen molar-refractivity contribution in [1.29, 1.82) is 0 Å². The monoisotopic (exact) mass is 212 g/mol. The Morgan fingerprint density at radius 1 is 1.33 bits per heavy atom. The molecule has 2 fully saturated rings. The molecule has 1 heterocycles. The SMILES string of the molecule is CN(C)C(=O)OCC1(N2CCCC2)CC1. The van der Waals surface area contributed by atoms with Crippen LogP contribution in [-0.4, -0.2) is 55.2 Å². The Balaban J connectivity index is 1.81. The zero-order valence-electron chi connectivity index (χ0n) is 9.66. The van der Waals surface area contributed by atoms with Gasteiger partial charge in [0.15, 0.2) is 0 Å². The van der Waals surface area contributed by atoms with Crippen molar-refractivity contribution in [3.8, 4) is 0 Å². The van der Waals surface area contributed by atoms with Gasteiger partial charge in [0.05, 0.1) is 5.54 Å². The van der Waals surface area contributed by atoms with Gasteiger partial charge >= 0.3 is 6.09 Å². The van der Waals surface area contributed by atoms with Gasteiger partial charge in [-0.3, -0.25) is 4.90 Å². The van der Waals surface area contributed by atoms with E-state index in [1.807, 2.05) is 0 Å². The van der Waals surface area contributed by atoms with E-state index in [1.165, 1.54) is 43.7 Å². The van der Waals surface area contributed by atoms with Crippen LogP contribution in [-0.2, 0) is 4.74 Å². The Morgan fingerprint density at radius 2 is 1.93 bits per heavy atom. The molecule has 0 spiro atoms. The summed E-state index contributed by atoms with van der Waals surface area (Å²) < 4.78 is 5.29. The number of amides is 1. The Labute approximate surface area is 91.2 Å². The Hall–Kier alpha value is -0.770. The number of likely N-dealkylation sites (tertiary alicyclic amines) is 1. The molecule has 1 saturated carbocycles. The summed E-state index contributed by atoms with van der Waals surface area (Å²) in [5.74, 6) is 0. The van der Waals surface area contributed by atoms with Crippen LogP contribution in [0.5, 0.6) is 0 Å². The highest BCUT2D eigenvalue weighted by molar-refractivity contribution is 5.66. The predicted molar refractivity (Wildman–Crippen MR) is 57.8 cm³/mol. The second-order valence-electron chi connectivity index (χ2n) is 4.87. The van der Waals surface area contributed by atoms with Gasteiger partial charge in [0.2, 0.25) is 0 Å². The van der Waals surface area contributed by atoms with E-state index in [0.29, 0.717) is 6.61 Å². The van der Waals surface area contributed by atoms with E-state index < -0.39 is 0 Å². The lowest BCUT2D eigenvalue weighted by Gasteiger charge is -2.27. The van der Waals surface area contributed by atoms with Crippen LogP contribution in [0.2, 0.25) is 0 Å². The summed E-state index contributed by atoms with van der Waals surface area (Å²) in [5.41, 5.74) is 0.210. The number of nitrogens with zero attached hydrogens (tertiary/aromatic N) is 2. The van der Waals surface area contributed by atoms with Gasteiger partial charge < -0.3 is 9.64 Å². The van der Waals surface area contributed by atoms with Crippen LogP contribution in [0.15, 0.2) is 0 Å². The van der Waals surface area contributed by atoms with Gasteiger partial charge in [-0.2, -0.15) is 0 Å². The molecule has 0 unspecified atom stereocenters.